The zero-order valence-corrected chi connectivity index (χ0v) is 13.3. The Labute approximate surface area is 127 Å². The Balaban J connectivity index is 2.20. The Kier molecular flexibility index (Phi) is 4.67. The summed E-state index contributed by atoms with van der Waals surface area (Å²) in [7, 11) is 0. The van der Waals surface area contributed by atoms with E-state index in [9.17, 15) is 5.11 Å². The highest BCUT2D eigenvalue weighted by Crippen LogP contribution is 2.27. The van der Waals surface area contributed by atoms with E-state index in [1.54, 1.807) is 0 Å². The van der Waals surface area contributed by atoms with Gasteiger partial charge in [-0.3, -0.25) is 0 Å². The topological polar surface area (TPSA) is 20.2 Å². The maximum absolute atomic E-state index is 10.3. The zero-order chi connectivity index (χ0) is 14.0. The van der Waals surface area contributed by atoms with Gasteiger partial charge in [-0.1, -0.05) is 51.8 Å². The molecule has 0 aliphatic carbocycles. The van der Waals surface area contributed by atoms with Crippen molar-refractivity contribution in [1.82, 2.24) is 0 Å². The Hall–Kier alpha value is -0.830. The molecule has 1 N–H and O–H groups in total. The molecular formula is C16H16BrClO. The molecule has 0 aromatic heterocycles. The van der Waals surface area contributed by atoms with Crippen molar-refractivity contribution >= 4 is 27.5 Å². The minimum Gasteiger partial charge on any atom is -0.388 e. The number of aryl methyl sites for hydroxylation is 2. The summed E-state index contributed by atoms with van der Waals surface area (Å²) in [6.45, 7) is 4.12. The second kappa shape index (κ2) is 6.08. The van der Waals surface area contributed by atoms with Crippen molar-refractivity contribution in [3.05, 3.63) is 68.1 Å². The predicted molar refractivity (Wildman–Crippen MR) is 83.7 cm³/mol. The molecule has 3 heteroatoms. The van der Waals surface area contributed by atoms with E-state index in [1.165, 1.54) is 11.1 Å². The van der Waals surface area contributed by atoms with Crippen molar-refractivity contribution in [2.75, 3.05) is 0 Å². The monoisotopic (exact) mass is 338 g/mol. The normalized spacial score (nSPS) is 12.5. The van der Waals surface area contributed by atoms with Gasteiger partial charge >= 0.3 is 0 Å². The third-order valence-corrected chi connectivity index (χ3v) is 4.19. The highest BCUT2D eigenvalue weighted by atomic mass is 79.9. The molecule has 0 aliphatic rings. The maximum Gasteiger partial charge on any atom is 0.0831 e. The van der Waals surface area contributed by atoms with E-state index in [4.69, 9.17) is 11.6 Å². The van der Waals surface area contributed by atoms with E-state index in [1.807, 2.05) is 36.4 Å². The lowest BCUT2D eigenvalue weighted by molar-refractivity contribution is 0.178. The Bertz CT molecular complexity index is 595. The fraction of sp³-hybridized carbons (Fsp3) is 0.250. The highest BCUT2D eigenvalue weighted by Gasteiger charge is 2.11. The van der Waals surface area contributed by atoms with E-state index in [0.717, 1.165) is 15.6 Å². The van der Waals surface area contributed by atoms with Crippen molar-refractivity contribution in [2.45, 2.75) is 26.4 Å². The molecule has 0 saturated heterocycles. The Morgan fingerprint density at radius 2 is 1.84 bits per heavy atom. The molecule has 0 saturated carbocycles. The number of aliphatic hydroxyl groups excluding tert-OH is 1. The highest BCUT2D eigenvalue weighted by molar-refractivity contribution is 9.10. The Morgan fingerprint density at radius 1 is 1.11 bits per heavy atom. The second-order valence-corrected chi connectivity index (χ2v) is 6.12. The van der Waals surface area contributed by atoms with Crippen molar-refractivity contribution < 1.29 is 5.11 Å². The predicted octanol–water partition coefficient (Wildman–Crippen LogP) is 5.00. The molecule has 19 heavy (non-hydrogen) atoms. The van der Waals surface area contributed by atoms with Crippen LogP contribution in [0, 0.1) is 13.8 Å². The molecule has 0 aliphatic heterocycles. The second-order valence-electron chi connectivity index (χ2n) is 4.80. The number of rotatable bonds is 3. The number of hydrogen-bond acceptors (Lipinski definition) is 1. The largest absolute Gasteiger partial charge is 0.388 e. The van der Waals surface area contributed by atoms with Gasteiger partial charge in [0.05, 0.1) is 6.10 Å². The summed E-state index contributed by atoms with van der Waals surface area (Å²) >= 11 is 9.55. The number of aliphatic hydroxyl groups is 1. The van der Waals surface area contributed by atoms with Crippen LogP contribution >= 0.6 is 27.5 Å². The molecule has 0 amide bonds. The van der Waals surface area contributed by atoms with Crippen LogP contribution in [0.25, 0.3) is 0 Å². The van der Waals surface area contributed by atoms with Gasteiger partial charge in [0.2, 0.25) is 0 Å². The SMILES string of the molecule is Cc1ccc(C(O)Cc2ccc(Br)cc2Cl)cc1C. The zero-order valence-electron chi connectivity index (χ0n) is 11.0. The lowest BCUT2D eigenvalue weighted by Crippen LogP contribution is -2.03. The van der Waals surface area contributed by atoms with Crippen molar-refractivity contribution in [2.24, 2.45) is 0 Å². The minimum atomic E-state index is -0.530. The van der Waals surface area contributed by atoms with Crippen LogP contribution in [0.3, 0.4) is 0 Å². The molecule has 0 heterocycles. The molecule has 0 bridgehead atoms. The molecule has 2 aromatic rings. The first-order valence-corrected chi connectivity index (χ1v) is 7.33. The summed E-state index contributed by atoms with van der Waals surface area (Å²) in [5.41, 5.74) is 4.31. The average molecular weight is 340 g/mol. The van der Waals surface area contributed by atoms with Crippen LogP contribution in [0.15, 0.2) is 40.9 Å². The van der Waals surface area contributed by atoms with Crippen molar-refractivity contribution in [3.8, 4) is 0 Å². The number of halogens is 2. The minimum absolute atomic E-state index is 0.522. The fourth-order valence-electron chi connectivity index (χ4n) is 1.99. The summed E-state index contributed by atoms with van der Waals surface area (Å²) in [5.74, 6) is 0. The van der Waals surface area contributed by atoms with Crippen LogP contribution in [0.4, 0.5) is 0 Å². The lowest BCUT2D eigenvalue weighted by Gasteiger charge is -2.14. The standard InChI is InChI=1S/C16H16BrClO/c1-10-3-4-13(7-11(10)2)16(19)8-12-5-6-14(17)9-15(12)18/h3-7,9,16,19H,8H2,1-2H3. The number of hydrogen-bond donors (Lipinski definition) is 1. The van der Waals surface area contributed by atoms with Crippen molar-refractivity contribution in [1.29, 1.82) is 0 Å². The van der Waals surface area contributed by atoms with E-state index in [2.05, 4.69) is 29.8 Å². The van der Waals surface area contributed by atoms with Crippen LogP contribution in [0.5, 0.6) is 0 Å². The average Bonchev–Trinajstić information content (AvgIpc) is 2.36. The summed E-state index contributed by atoms with van der Waals surface area (Å²) in [5, 5.41) is 11.0. The Morgan fingerprint density at radius 3 is 2.47 bits per heavy atom. The van der Waals surface area contributed by atoms with Crippen LogP contribution in [-0.2, 0) is 6.42 Å². The van der Waals surface area contributed by atoms with Crippen LogP contribution in [0.1, 0.15) is 28.4 Å². The third kappa shape index (κ3) is 3.59. The molecule has 2 aromatic carbocycles. The molecule has 100 valence electrons. The number of benzene rings is 2. The van der Waals surface area contributed by atoms with E-state index in [-0.39, 0.29) is 0 Å². The summed E-state index contributed by atoms with van der Waals surface area (Å²) < 4.78 is 0.946. The molecule has 1 nitrogen and oxygen atoms in total. The molecule has 0 spiro atoms. The quantitative estimate of drug-likeness (QED) is 0.834. The van der Waals surface area contributed by atoms with Gasteiger partial charge < -0.3 is 5.11 Å². The van der Waals surface area contributed by atoms with Crippen molar-refractivity contribution in [3.63, 3.8) is 0 Å². The van der Waals surface area contributed by atoms with Gasteiger partial charge in [0.15, 0.2) is 0 Å². The van der Waals surface area contributed by atoms with Crippen LogP contribution in [0.2, 0.25) is 5.02 Å². The van der Waals surface area contributed by atoms with Gasteiger partial charge in [-0.05, 0) is 48.2 Å². The van der Waals surface area contributed by atoms with Gasteiger partial charge in [0.25, 0.3) is 0 Å². The van der Waals surface area contributed by atoms with Gasteiger partial charge in [-0.25, -0.2) is 0 Å². The molecule has 0 fully saturated rings. The van der Waals surface area contributed by atoms with Gasteiger partial charge in [0, 0.05) is 15.9 Å². The van der Waals surface area contributed by atoms with E-state index in [0.29, 0.717) is 11.4 Å². The van der Waals surface area contributed by atoms with E-state index >= 15 is 0 Å². The fourth-order valence-corrected chi connectivity index (χ4v) is 2.74. The molecule has 2 rings (SSSR count). The van der Waals surface area contributed by atoms with Crippen LogP contribution in [-0.4, -0.2) is 5.11 Å². The summed E-state index contributed by atoms with van der Waals surface area (Å²) in [6, 6.07) is 11.8. The van der Waals surface area contributed by atoms with Gasteiger partial charge in [-0.2, -0.15) is 0 Å². The maximum atomic E-state index is 10.3. The first-order valence-electron chi connectivity index (χ1n) is 6.16. The van der Waals surface area contributed by atoms with Gasteiger partial charge in [0.1, 0.15) is 0 Å². The molecule has 1 unspecified atom stereocenters. The van der Waals surface area contributed by atoms with Crippen LogP contribution < -0.4 is 0 Å². The summed E-state index contributed by atoms with van der Waals surface area (Å²) in [6.07, 6.45) is -0.00722. The van der Waals surface area contributed by atoms with E-state index < -0.39 is 6.10 Å². The smallest absolute Gasteiger partial charge is 0.0831 e. The van der Waals surface area contributed by atoms with Gasteiger partial charge in [-0.15, -0.1) is 0 Å². The lowest BCUT2D eigenvalue weighted by atomic mass is 9.98. The first-order chi connectivity index (χ1) is 8.97. The first kappa shape index (κ1) is 14.6. The summed E-state index contributed by atoms with van der Waals surface area (Å²) in [4.78, 5) is 0. The molecule has 1 atom stereocenters. The molecular weight excluding hydrogens is 324 g/mol. The third-order valence-electron chi connectivity index (χ3n) is 3.34. The molecule has 0 radical (unpaired) electrons.